The highest BCUT2D eigenvalue weighted by molar-refractivity contribution is 5.00. The Morgan fingerprint density at radius 3 is 2.69 bits per heavy atom. The minimum absolute atomic E-state index is 0.234. The van der Waals surface area contributed by atoms with E-state index < -0.39 is 0 Å². The SMILES string of the molecule is CCC(C)OC1(C)CC2CCC1C2. The Hall–Kier alpha value is -0.0400. The van der Waals surface area contributed by atoms with E-state index >= 15 is 0 Å². The molecule has 0 saturated heterocycles. The molecule has 0 aliphatic heterocycles. The lowest BCUT2D eigenvalue weighted by Crippen LogP contribution is -2.37. The van der Waals surface area contributed by atoms with Gasteiger partial charge in [-0.1, -0.05) is 6.92 Å². The summed E-state index contributed by atoms with van der Waals surface area (Å²) in [5, 5.41) is 0. The molecule has 2 fully saturated rings. The molecule has 2 bridgehead atoms. The van der Waals surface area contributed by atoms with Gasteiger partial charge in [-0.15, -0.1) is 0 Å². The van der Waals surface area contributed by atoms with Crippen molar-refractivity contribution in [2.45, 2.75) is 64.6 Å². The van der Waals surface area contributed by atoms with Crippen LogP contribution in [0.3, 0.4) is 0 Å². The predicted octanol–water partition coefficient (Wildman–Crippen LogP) is 3.38. The monoisotopic (exact) mass is 182 g/mol. The quantitative estimate of drug-likeness (QED) is 0.650. The first-order valence-electron chi connectivity index (χ1n) is 5.82. The van der Waals surface area contributed by atoms with Gasteiger partial charge >= 0.3 is 0 Å². The van der Waals surface area contributed by atoms with Crippen molar-refractivity contribution in [3.8, 4) is 0 Å². The topological polar surface area (TPSA) is 9.23 Å². The van der Waals surface area contributed by atoms with Crippen molar-refractivity contribution in [3.63, 3.8) is 0 Å². The van der Waals surface area contributed by atoms with Gasteiger partial charge in [0.15, 0.2) is 0 Å². The summed E-state index contributed by atoms with van der Waals surface area (Å²) in [5.74, 6) is 1.85. The first-order valence-corrected chi connectivity index (χ1v) is 5.82. The second-order valence-electron chi connectivity index (χ2n) is 5.23. The summed E-state index contributed by atoms with van der Waals surface area (Å²) in [6.45, 7) is 6.75. The van der Waals surface area contributed by atoms with Crippen LogP contribution in [0.25, 0.3) is 0 Å². The Kier molecular flexibility index (Phi) is 2.39. The third kappa shape index (κ3) is 1.63. The second-order valence-corrected chi connectivity index (χ2v) is 5.23. The highest BCUT2D eigenvalue weighted by Crippen LogP contribution is 2.52. The van der Waals surface area contributed by atoms with E-state index in [1.807, 2.05) is 0 Å². The first-order chi connectivity index (χ1) is 6.14. The van der Waals surface area contributed by atoms with E-state index in [1.165, 1.54) is 25.7 Å². The minimum atomic E-state index is 0.234. The van der Waals surface area contributed by atoms with Crippen molar-refractivity contribution in [1.29, 1.82) is 0 Å². The van der Waals surface area contributed by atoms with Gasteiger partial charge < -0.3 is 4.74 Å². The predicted molar refractivity (Wildman–Crippen MR) is 54.7 cm³/mol. The summed E-state index contributed by atoms with van der Waals surface area (Å²) in [6.07, 6.45) is 7.23. The van der Waals surface area contributed by atoms with E-state index in [2.05, 4.69) is 20.8 Å². The van der Waals surface area contributed by atoms with E-state index in [9.17, 15) is 0 Å². The van der Waals surface area contributed by atoms with Gasteiger partial charge in [0.1, 0.15) is 0 Å². The second kappa shape index (κ2) is 3.27. The molecule has 0 amide bonds. The maximum absolute atomic E-state index is 6.18. The third-order valence-electron chi connectivity index (χ3n) is 4.14. The van der Waals surface area contributed by atoms with Crippen LogP contribution in [0, 0.1) is 11.8 Å². The van der Waals surface area contributed by atoms with Crippen LogP contribution >= 0.6 is 0 Å². The van der Waals surface area contributed by atoms with Crippen molar-refractivity contribution >= 4 is 0 Å². The van der Waals surface area contributed by atoms with E-state index in [0.29, 0.717) is 6.10 Å². The van der Waals surface area contributed by atoms with E-state index in [0.717, 1.165) is 18.3 Å². The molecule has 0 aromatic carbocycles. The molecule has 4 unspecified atom stereocenters. The van der Waals surface area contributed by atoms with Crippen molar-refractivity contribution in [2.24, 2.45) is 11.8 Å². The van der Waals surface area contributed by atoms with Crippen LogP contribution in [0.1, 0.15) is 52.9 Å². The maximum Gasteiger partial charge on any atom is 0.0688 e. The molecule has 2 saturated carbocycles. The zero-order valence-corrected chi connectivity index (χ0v) is 9.18. The normalized spacial score (nSPS) is 45.5. The molecule has 1 nitrogen and oxygen atoms in total. The lowest BCUT2D eigenvalue weighted by atomic mass is 9.85. The van der Waals surface area contributed by atoms with Crippen LogP contribution in [0.15, 0.2) is 0 Å². The largest absolute Gasteiger partial charge is 0.372 e. The molecule has 2 aliphatic carbocycles. The number of fused-ring (bicyclic) bond motifs is 2. The maximum atomic E-state index is 6.18. The molecule has 2 aliphatic rings. The van der Waals surface area contributed by atoms with Gasteiger partial charge in [-0.05, 0) is 57.8 Å². The fourth-order valence-corrected chi connectivity index (χ4v) is 3.24. The van der Waals surface area contributed by atoms with Crippen molar-refractivity contribution in [3.05, 3.63) is 0 Å². The van der Waals surface area contributed by atoms with Crippen LogP contribution in [0.2, 0.25) is 0 Å². The van der Waals surface area contributed by atoms with Crippen molar-refractivity contribution < 1.29 is 4.74 Å². The molecule has 0 aromatic rings. The number of rotatable bonds is 3. The zero-order valence-electron chi connectivity index (χ0n) is 9.18. The Morgan fingerprint density at radius 1 is 1.46 bits per heavy atom. The molecular weight excluding hydrogens is 160 g/mol. The van der Waals surface area contributed by atoms with Crippen molar-refractivity contribution in [1.82, 2.24) is 0 Å². The average Bonchev–Trinajstić information content (AvgIpc) is 2.62. The highest BCUT2D eigenvalue weighted by Gasteiger charge is 2.49. The van der Waals surface area contributed by atoms with Gasteiger partial charge in [0, 0.05) is 0 Å². The zero-order chi connectivity index (χ0) is 9.47. The van der Waals surface area contributed by atoms with Crippen LogP contribution in [0.4, 0.5) is 0 Å². The Morgan fingerprint density at radius 2 is 2.23 bits per heavy atom. The summed E-state index contributed by atoms with van der Waals surface area (Å²) in [4.78, 5) is 0. The molecule has 1 heteroatoms. The fraction of sp³-hybridized carbons (Fsp3) is 1.00. The Balaban J connectivity index is 1.97. The molecule has 2 rings (SSSR count). The van der Waals surface area contributed by atoms with Crippen LogP contribution in [0.5, 0.6) is 0 Å². The van der Waals surface area contributed by atoms with E-state index in [4.69, 9.17) is 4.74 Å². The summed E-state index contributed by atoms with van der Waals surface area (Å²) in [6, 6.07) is 0. The number of hydrogen-bond donors (Lipinski definition) is 0. The smallest absolute Gasteiger partial charge is 0.0688 e. The standard InChI is InChI=1S/C12H22O/c1-4-9(2)13-12(3)8-10-5-6-11(12)7-10/h9-11H,4-8H2,1-3H3. The van der Waals surface area contributed by atoms with Gasteiger partial charge in [0.2, 0.25) is 0 Å². The molecular formula is C12H22O. The molecule has 0 heterocycles. The summed E-state index contributed by atoms with van der Waals surface area (Å²) in [5.41, 5.74) is 0.234. The molecule has 4 atom stereocenters. The average molecular weight is 182 g/mol. The highest BCUT2D eigenvalue weighted by atomic mass is 16.5. The van der Waals surface area contributed by atoms with Gasteiger partial charge in [0.25, 0.3) is 0 Å². The minimum Gasteiger partial charge on any atom is -0.372 e. The van der Waals surface area contributed by atoms with Crippen LogP contribution in [-0.2, 0) is 4.74 Å². The summed E-state index contributed by atoms with van der Waals surface area (Å²) in [7, 11) is 0. The molecule has 0 spiro atoms. The summed E-state index contributed by atoms with van der Waals surface area (Å²) >= 11 is 0. The van der Waals surface area contributed by atoms with Gasteiger partial charge in [-0.2, -0.15) is 0 Å². The lowest BCUT2D eigenvalue weighted by Gasteiger charge is -2.36. The van der Waals surface area contributed by atoms with Gasteiger partial charge in [-0.3, -0.25) is 0 Å². The van der Waals surface area contributed by atoms with E-state index in [1.54, 1.807) is 0 Å². The Bertz CT molecular complexity index is 190. The molecule has 0 aromatic heterocycles. The number of ether oxygens (including phenoxy) is 1. The summed E-state index contributed by atoms with van der Waals surface area (Å²) < 4.78 is 6.18. The number of hydrogen-bond acceptors (Lipinski definition) is 1. The molecule has 0 N–H and O–H groups in total. The third-order valence-corrected chi connectivity index (χ3v) is 4.14. The van der Waals surface area contributed by atoms with Crippen molar-refractivity contribution in [2.75, 3.05) is 0 Å². The van der Waals surface area contributed by atoms with E-state index in [-0.39, 0.29) is 5.60 Å². The first kappa shape index (κ1) is 9.51. The molecule has 0 radical (unpaired) electrons. The van der Waals surface area contributed by atoms with Crippen LogP contribution in [-0.4, -0.2) is 11.7 Å². The van der Waals surface area contributed by atoms with Crippen LogP contribution < -0.4 is 0 Å². The lowest BCUT2D eigenvalue weighted by molar-refractivity contribution is -0.107. The van der Waals surface area contributed by atoms with Gasteiger partial charge in [-0.25, -0.2) is 0 Å². The fourth-order valence-electron chi connectivity index (χ4n) is 3.24. The van der Waals surface area contributed by atoms with Gasteiger partial charge in [0.05, 0.1) is 11.7 Å². The molecule has 13 heavy (non-hydrogen) atoms. The molecule has 76 valence electrons. The Labute approximate surface area is 81.9 Å².